The molecule has 29 heavy (non-hydrogen) atoms. The van der Waals surface area contributed by atoms with Gasteiger partial charge < -0.3 is 4.57 Å². The predicted octanol–water partition coefficient (Wildman–Crippen LogP) is 3.11. The minimum absolute atomic E-state index is 0.0620. The smallest absolute Gasteiger partial charge is 0.178 e. The Hall–Kier alpha value is -3.49. The van der Waals surface area contributed by atoms with Crippen molar-refractivity contribution < 1.29 is 0 Å². The second-order valence-corrected chi connectivity index (χ2v) is 7.30. The van der Waals surface area contributed by atoms with Crippen molar-refractivity contribution in [3.05, 3.63) is 55.1 Å². The number of hydrogen-bond acceptors (Lipinski definition) is 7. The molecular weight excluding hydrogens is 366 g/mol. The second-order valence-electron chi connectivity index (χ2n) is 7.30. The van der Waals surface area contributed by atoms with Gasteiger partial charge in [0, 0.05) is 30.2 Å². The van der Waals surface area contributed by atoms with E-state index in [4.69, 9.17) is 0 Å². The average molecular weight is 387 g/mol. The molecule has 1 atom stereocenters. The minimum Gasteiger partial charge on any atom is -0.313 e. The van der Waals surface area contributed by atoms with Crippen molar-refractivity contribution in [2.45, 2.75) is 44.7 Å². The van der Waals surface area contributed by atoms with Gasteiger partial charge in [0.05, 0.1) is 6.20 Å². The van der Waals surface area contributed by atoms with Gasteiger partial charge in [-0.2, -0.15) is 0 Å². The molecule has 0 radical (unpaired) electrons. The monoisotopic (exact) mass is 387 g/mol. The summed E-state index contributed by atoms with van der Waals surface area (Å²) in [4.78, 5) is 13.1. The maximum atomic E-state index is 4.42. The maximum Gasteiger partial charge on any atom is 0.178 e. The van der Waals surface area contributed by atoms with Crippen molar-refractivity contribution >= 4 is 0 Å². The summed E-state index contributed by atoms with van der Waals surface area (Å²) in [5, 5.41) is 17.1. The van der Waals surface area contributed by atoms with E-state index >= 15 is 0 Å². The zero-order valence-corrected chi connectivity index (χ0v) is 16.1. The molecule has 4 aromatic rings. The van der Waals surface area contributed by atoms with Crippen molar-refractivity contribution in [1.29, 1.82) is 0 Å². The molecule has 0 aliphatic heterocycles. The second kappa shape index (κ2) is 7.50. The molecule has 4 aromatic heterocycles. The van der Waals surface area contributed by atoms with Gasteiger partial charge in [-0.15, -0.1) is 15.3 Å². The maximum absolute atomic E-state index is 4.42. The number of nitrogens with zero attached hydrogens (tertiary/aromatic N) is 9. The molecule has 9 heteroatoms. The van der Waals surface area contributed by atoms with Crippen LogP contribution in [0.5, 0.6) is 0 Å². The Kier molecular flexibility index (Phi) is 4.55. The van der Waals surface area contributed by atoms with E-state index in [0.717, 1.165) is 22.8 Å². The van der Waals surface area contributed by atoms with Crippen LogP contribution in [0.4, 0.5) is 0 Å². The summed E-state index contributed by atoms with van der Waals surface area (Å²) < 4.78 is 4.02. The Labute approximate surface area is 167 Å². The van der Waals surface area contributed by atoms with Crippen LogP contribution in [0.15, 0.2) is 49.3 Å². The van der Waals surface area contributed by atoms with Crippen LogP contribution < -0.4 is 0 Å². The van der Waals surface area contributed by atoms with Gasteiger partial charge in [-0.05, 0) is 31.9 Å². The van der Waals surface area contributed by atoms with Crippen LogP contribution in [0.1, 0.15) is 50.5 Å². The molecule has 0 amide bonds. The zero-order chi connectivity index (χ0) is 19.6. The normalized spacial score (nSPS) is 15.6. The Morgan fingerprint density at radius 3 is 2.59 bits per heavy atom. The molecule has 1 fully saturated rings. The summed E-state index contributed by atoms with van der Waals surface area (Å²) in [5.74, 6) is 1.50. The molecule has 0 N–H and O–H groups in total. The number of hydrogen-bond donors (Lipinski definition) is 0. The van der Waals surface area contributed by atoms with E-state index in [0.29, 0.717) is 11.9 Å². The highest BCUT2D eigenvalue weighted by Gasteiger charge is 2.24. The minimum atomic E-state index is -0.0620. The molecule has 0 bridgehead atoms. The number of aromatic nitrogens is 9. The van der Waals surface area contributed by atoms with Crippen molar-refractivity contribution in [1.82, 2.24) is 44.7 Å². The molecule has 9 nitrogen and oxygen atoms in total. The quantitative estimate of drug-likeness (QED) is 0.518. The van der Waals surface area contributed by atoms with E-state index in [1.54, 1.807) is 18.6 Å². The molecule has 1 aliphatic carbocycles. The molecule has 5 rings (SSSR count). The molecule has 0 unspecified atom stereocenters. The summed E-state index contributed by atoms with van der Waals surface area (Å²) in [6, 6.07) is 6.08. The summed E-state index contributed by atoms with van der Waals surface area (Å²) in [5.41, 5.74) is 2.26. The first-order valence-electron chi connectivity index (χ1n) is 9.84. The van der Waals surface area contributed by atoms with Crippen molar-refractivity contribution in [3.8, 4) is 22.8 Å². The lowest BCUT2D eigenvalue weighted by molar-refractivity contribution is 0.441. The van der Waals surface area contributed by atoms with E-state index in [9.17, 15) is 0 Å². The zero-order valence-electron chi connectivity index (χ0n) is 16.1. The summed E-state index contributed by atoms with van der Waals surface area (Å²) >= 11 is 0. The van der Waals surface area contributed by atoms with Gasteiger partial charge in [-0.1, -0.05) is 24.1 Å². The van der Waals surface area contributed by atoms with E-state index in [-0.39, 0.29) is 6.04 Å². The largest absolute Gasteiger partial charge is 0.313 e. The highest BCUT2D eigenvalue weighted by molar-refractivity contribution is 5.57. The highest BCUT2D eigenvalue weighted by atomic mass is 15.4. The molecule has 1 saturated carbocycles. The first-order chi connectivity index (χ1) is 14.3. The Bertz CT molecular complexity index is 1080. The lowest BCUT2D eigenvalue weighted by Gasteiger charge is -2.17. The SMILES string of the molecule is C[C@@H](c1nncn1C1CCCC1)n1cc(-c2cnc(-c3ccccn3)nc2)nn1. The highest BCUT2D eigenvalue weighted by Crippen LogP contribution is 2.31. The van der Waals surface area contributed by atoms with Gasteiger partial charge in [-0.25, -0.2) is 14.6 Å². The van der Waals surface area contributed by atoms with Gasteiger partial charge in [0.15, 0.2) is 11.6 Å². The molecule has 0 saturated heterocycles. The molecule has 0 aromatic carbocycles. The van der Waals surface area contributed by atoms with Crippen molar-refractivity contribution in [3.63, 3.8) is 0 Å². The fourth-order valence-electron chi connectivity index (χ4n) is 3.82. The average Bonchev–Trinajstić information content (AvgIpc) is 3.55. The number of pyridine rings is 1. The molecule has 1 aliphatic rings. The fraction of sp³-hybridized carbons (Fsp3) is 0.350. The van der Waals surface area contributed by atoms with E-state index < -0.39 is 0 Å². The van der Waals surface area contributed by atoms with Crippen LogP contribution in [0.3, 0.4) is 0 Å². The van der Waals surface area contributed by atoms with Crippen LogP contribution in [0, 0.1) is 0 Å². The van der Waals surface area contributed by atoms with Crippen LogP contribution in [0.2, 0.25) is 0 Å². The predicted molar refractivity (Wildman–Crippen MR) is 106 cm³/mol. The topological polar surface area (TPSA) is 100 Å². The first-order valence-corrected chi connectivity index (χ1v) is 9.84. The Balaban J connectivity index is 1.38. The van der Waals surface area contributed by atoms with E-state index in [1.807, 2.05) is 35.4 Å². The molecular formula is C20H21N9. The Morgan fingerprint density at radius 2 is 1.83 bits per heavy atom. The first kappa shape index (κ1) is 17.6. The van der Waals surface area contributed by atoms with E-state index in [1.165, 1.54) is 25.7 Å². The van der Waals surface area contributed by atoms with Crippen LogP contribution >= 0.6 is 0 Å². The lowest BCUT2D eigenvalue weighted by Crippen LogP contribution is -2.16. The third-order valence-corrected chi connectivity index (χ3v) is 5.44. The van der Waals surface area contributed by atoms with Gasteiger partial charge in [0.25, 0.3) is 0 Å². The van der Waals surface area contributed by atoms with Crippen LogP contribution in [-0.2, 0) is 0 Å². The fourth-order valence-corrected chi connectivity index (χ4v) is 3.82. The van der Waals surface area contributed by atoms with E-state index in [2.05, 4.69) is 47.0 Å². The summed E-state index contributed by atoms with van der Waals surface area (Å²) in [7, 11) is 0. The van der Waals surface area contributed by atoms with Gasteiger partial charge in [0.1, 0.15) is 23.8 Å². The van der Waals surface area contributed by atoms with Gasteiger partial charge in [0.2, 0.25) is 0 Å². The standard InChI is InChI=1S/C20H21N9/c1-14(20-26-24-13-28(20)16-6-2-3-7-16)29-12-18(25-27-29)15-10-22-19(23-11-15)17-8-4-5-9-21-17/h4-5,8-14,16H,2-3,6-7H2,1H3/t14-/m0/s1. The number of rotatable bonds is 5. The van der Waals surface area contributed by atoms with Gasteiger partial charge >= 0.3 is 0 Å². The third-order valence-electron chi connectivity index (χ3n) is 5.44. The van der Waals surface area contributed by atoms with Crippen LogP contribution in [-0.4, -0.2) is 44.7 Å². The lowest BCUT2D eigenvalue weighted by atomic mass is 10.2. The summed E-state index contributed by atoms with van der Waals surface area (Å²) in [6.07, 6.45) is 13.8. The third kappa shape index (κ3) is 3.39. The molecule has 0 spiro atoms. The molecule has 146 valence electrons. The molecule has 4 heterocycles. The van der Waals surface area contributed by atoms with Crippen molar-refractivity contribution in [2.24, 2.45) is 0 Å². The summed E-state index contributed by atoms with van der Waals surface area (Å²) in [6.45, 7) is 2.06. The Morgan fingerprint density at radius 1 is 1.00 bits per heavy atom. The van der Waals surface area contributed by atoms with Crippen LogP contribution in [0.25, 0.3) is 22.8 Å². The van der Waals surface area contributed by atoms with Gasteiger partial charge in [-0.3, -0.25) is 4.98 Å². The van der Waals surface area contributed by atoms with Crippen molar-refractivity contribution in [2.75, 3.05) is 0 Å².